The predicted molar refractivity (Wildman–Crippen MR) is 157 cm³/mol. The first-order valence-corrected chi connectivity index (χ1v) is 14.8. The van der Waals surface area contributed by atoms with Crippen molar-refractivity contribution in [2.75, 3.05) is 52.7 Å². The first kappa shape index (κ1) is 29.4. The molecule has 1 aromatic heterocycles. The normalized spacial score (nSPS) is 23.0. The third kappa shape index (κ3) is 7.05. The second-order valence-corrected chi connectivity index (χ2v) is 11.0. The van der Waals surface area contributed by atoms with Crippen LogP contribution >= 0.6 is 0 Å². The Morgan fingerprint density at radius 1 is 1.02 bits per heavy atom. The van der Waals surface area contributed by atoms with Gasteiger partial charge in [-0.1, -0.05) is 73.5 Å². The number of piperazine rings is 1. The van der Waals surface area contributed by atoms with Gasteiger partial charge >= 0.3 is 0 Å². The van der Waals surface area contributed by atoms with E-state index in [2.05, 4.69) is 17.4 Å². The van der Waals surface area contributed by atoms with Gasteiger partial charge in [-0.05, 0) is 24.8 Å². The van der Waals surface area contributed by atoms with Gasteiger partial charge in [0.15, 0.2) is 5.69 Å². The molecule has 1 saturated heterocycles. The lowest BCUT2D eigenvalue weighted by molar-refractivity contribution is -0.105. The average molecular weight is 563 g/mol. The highest BCUT2D eigenvalue weighted by molar-refractivity contribution is 5.98. The van der Waals surface area contributed by atoms with Crippen molar-refractivity contribution in [3.05, 3.63) is 78.2 Å². The summed E-state index contributed by atoms with van der Waals surface area (Å²) in [6.07, 6.45) is 5.73. The van der Waals surface area contributed by atoms with Crippen LogP contribution in [-0.4, -0.2) is 94.9 Å². The standard InChI is InChI=1S/C32H42N4O5/c37-17-18-40-19-20-41-23-32(39)14-8-7-13-28(32)36-24-34-29(30(36)26-11-5-2-6-12-26)31(38)35-16-15-33-22-27(35)21-25-9-3-1-4-10-25/h1-6,9-12,24,27-28,33,37,39H,7-8,13-23H2/t27-,28+,32+/m1/s1. The van der Waals surface area contributed by atoms with Gasteiger partial charge in [-0.25, -0.2) is 4.98 Å². The van der Waals surface area contributed by atoms with Crippen molar-refractivity contribution in [3.8, 4) is 11.3 Å². The summed E-state index contributed by atoms with van der Waals surface area (Å²) in [7, 11) is 0. The van der Waals surface area contributed by atoms with Crippen LogP contribution in [0.15, 0.2) is 67.0 Å². The number of aliphatic hydroxyl groups excluding tert-OH is 1. The largest absolute Gasteiger partial charge is 0.394 e. The van der Waals surface area contributed by atoms with Gasteiger partial charge in [0.25, 0.3) is 5.91 Å². The number of hydrogen-bond acceptors (Lipinski definition) is 7. The van der Waals surface area contributed by atoms with Crippen molar-refractivity contribution in [3.63, 3.8) is 0 Å². The number of nitrogens with one attached hydrogen (secondary N) is 1. The molecule has 5 rings (SSSR count). The maximum absolute atomic E-state index is 14.3. The molecule has 1 aliphatic carbocycles. The Morgan fingerprint density at radius 2 is 1.78 bits per heavy atom. The summed E-state index contributed by atoms with van der Waals surface area (Å²) in [6.45, 7) is 3.15. The first-order chi connectivity index (χ1) is 20.1. The molecule has 3 atom stereocenters. The summed E-state index contributed by atoms with van der Waals surface area (Å²) < 4.78 is 13.2. The van der Waals surface area contributed by atoms with E-state index in [1.165, 1.54) is 5.56 Å². The number of aromatic nitrogens is 2. The van der Waals surface area contributed by atoms with Gasteiger partial charge in [0.2, 0.25) is 0 Å². The van der Waals surface area contributed by atoms with E-state index in [1.807, 2.05) is 58.0 Å². The average Bonchev–Trinajstić information content (AvgIpc) is 3.45. The third-order valence-electron chi connectivity index (χ3n) is 8.22. The van der Waals surface area contributed by atoms with Crippen LogP contribution in [-0.2, 0) is 15.9 Å². The molecule has 41 heavy (non-hydrogen) atoms. The Hall–Kier alpha value is -3.08. The molecule has 0 bridgehead atoms. The molecule has 1 saturated carbocycles. The Bertz CT molecular complexity index is 1240. The smallest absolute Gasteiger partial charge is 0.275 e. The fourth-order valence-corrected chi connectivity index (χ4v) is 6.17. The lowest BCUT2D eigenvalue weighted by Crippen LogP contribution is -2.54. The molecule has 1 aliphatic heterocycles. The van der Waals surface area contributed by atoms with E-state index < -0.39 is 5.60 Å². The third-order valence-corrected chi connectivity index (χ3v) is 8.22. The van der Waals surface area contributed by atoms with Gasteiger partial charge < -0.3 is 34.5 Å². The van der Waals surface area contributed by atoms with Crippen molar-refractivity contribution in [2.24, 2.45) is 0 Å². The maximum atomic E-state index is 14.3. The van der Waals surface area contributed by atoms with Gasteiger partial charge in [-0.2, -0.15) is 0 Å². The summed E-state index contributed by atoms with van der Waals surface area (Å²) >= 11 is 0. The number of carbonyl (C=O) groups excluding carboxylic acids is 1. The monoisotopic (exact) mass is 562 g/mol. The predicted octanol–water partition coefficient (Wildman–Crippen LogP) is 3.08. The number of aliphatic hydroxyl groups is 2. The molecule has 9 nitrogen and oxygen atoms in total. The molecule has 2 aliphatic rings. The van der Waals surface area contributed by atoms with E-state index in [0.29, 0.717) is 31.9 Å². The van der Waals surface area contributed by atoms with Crippen LogP contribution in [0.1, 0.15) is 47.8 Å². The summed E-state index contributed by atoms with van der Waals surface area (Å²) in [4.78, 5) is 21.0. The molecule has 3 N–H and O–H groups in total. The van der Waals surface area contributed by atoms with Gasteiger partial charge in [-0.15, -0.1) is 0 Å². The summed E-state index contributed by atoms with van der Waals surface area (Å²) in [6, 6.07) is 19.9. The van der Waals surface area contributed by atoms with E-state index in [9.17, 15) is 9.90 Å². The first-order valence-electron chi connectivity index (χ1n) is 14.8. The van der Waals surface area contributed by atoms with Crippen LogP contribution in [0.4, 0.5) is 0 Å². The summed E-state index contributed by atoms with van der Waals surface area (Å²) in [5.74, 6) is -0.0818. The number of hydrogen-bond donors (Lipinski definition) is 3. The summed E-state index contributed by atoms with van der Waals surface area (Å²) in [5.41, 5.74) is 2.15. The second kappa shape index (κ2) is 14.2. The van der Waals surface area contributed by atoms with Gasteiger partial charge in [-0.3, -0.25) is 4.79 Å². The molecule has 0 unspecified atom stereocenters. The number of nitrogens with zero attached hydrogens (tertiary/aromatic N) is 3. The highest BCUT2D eigenvalue weighted by Crippen LogP contribution is 2.41. The van der Waals surface area contributed by atoms with Crippen LogP contribution < -0.4 is 5.32 Å². The Labute approximate surface area is 242 Å². The highest BCUT2D eigenvalue weighted by Gasteiger charge is 2.42. The zero-order valence-electron chi connectivity index (χ0n) is 23.7. The van der Waals surface area contributed by atoms with Gasteiger partial charge in [0.1, 0.15) is 5.60 Å². The maximum Gasteiger partial charge on any atom is 0.275 e. The number of benzene rings is 2. The van der Waals surface area contributed by atoms with Crippen LogP contribution in [0.5, 0.6) is 0 Å². The molecule has 0 radical (unpaired) electrons. The van der Waals surface area contributed by atoms with Crippen LogP contribution in [0.25, 0.3) is 11.3 Å². The molecule has 2 aromatic carbocycles. The Morgan fingerprint density at radius 3 is 2.56 bits per heavy atom. The van der Waals surface area contributed by atoms with Crippen LogP contribution in [0.3, 0.4) is 0 Å². The van der Waals surface area contributed by atoms with E-state index in [4.69, 9.17) is 19.6 Å². The minimum atomic E-state index is -1.11. The van der Waals surface area contributed by atoms with Gasteiger partial charge in [0, 0.05) is 31.2 Å². The minimum Gasteiger partial charge on any atom is -0.394 e. The van der Waals surface area contributed by atoms with Crippen molar-refractivity contribution < 1.29 is 24.5 Å². The number of ether oxygens (including phenoxy) is 2. The Kier molecular flexibility index (Phi) is 10.2. The number of amides is 1. The van der Waals surface area contributed by atoms with E-state index in [0.717, 1.165) is 50.0 Å². The quantitative estimate of drug-likeness (QED) is 0.291. The molecule has 3 aromatic rings. The van der Waals surface area contributed by atoms with Crippen molar-refractivity contribution in [1.29, 1.82) is 0 Å². The SMILES string of the molecule is O=C(c1ncn([C@H]2CCCC[C@]2(O)COCCOCCO)c1-c1ccccc1)N1CCNC[C@H]1Cc1ccccc1. The fraction of sp³-hybridized carbons (Fsp3) is 0.500. The van der Waals surface area contributed by atoms with E-state index in [1.54, 1.807) is 6.33 Å². The molecule has 220 valence electrons. The molecule has 9 heteroatoms. The van der Waals surface area contributed by atoms with Crippen LogP contribution in [0.2, 0.25) is 0 Å². The lowest BCUT2D eigenvalue weighted by atomic mass is 9.80. The zero-order valence-corrected chi connectivity index (χ0v) is 23.7. The number of carbonyl (C=O) groups is 1. The fourth-order valence-electron chi connectivity index (χ4n) is 6.17. The molecular weight excluding hydrogens is 520 g/mol. The van der Waals surface area contributed by atoms with Crippen molar-refractivity contribution >= 4 is 5.91 Å². The number of rotatable bonds is 12. The molecule has 0 spiro atoms. The molecule has 1 amide bonds. The Balaban J connectivity index is 1.43. The molecular formula is C32H42N4O5. The summed E-state index contributed by atoms with van der Waals surface area (Å²) in [5, 5.41) is 24.3. The molecule has 2 fully saturated rings. The topological polar surface area (TPSA) is 109 Å². The second-order valence-electron chi connectivity index (χ2n) is 11.0. The lowest BCUT2D eigenvalue weighted by Gasteiger charge is -2.41. The zero-order chi connectivity index (χ0) is 28.5. The van der Waals surface area contributed by atoms with Crippen LogP contribution in [0, 0.1) is 0 Å². The number of imidazole rings is 1. The van der Waals surface area contributed by atoms with Crippen molar-refractivity contribution in [1.82, 2.24) is 19.8 Å². The van der Waals surface area contributed by atoms with E-state index in [-0.39, 0.29) is 37.8 Å². The molecule has 2 heterocycles. The van der Waals surface area contributed by atoms with Gasteiger partial charge in [0.05, 0.1) is 51.1 Å². The van der Waals surface area contributed by atoms with Crippen molar-refractivity contribution in [2.45, 2.75) is 49.8 Å². The highest BCUT2D eigenvalue weighted by atomic mass is 16.5. The minimum absolute atomic E-state index is 0.0143. The van der Waals surface area contributed by atoms with E-state index >= 15 is 0 Å².